The van der Waals surface area contributed by atoms with Gasteiger partial charge in [0.05, 0.1) is 18.5 Å². The van der Waals surface area contributed by atoms with Gasteiger partial charge in [-0.3, -0.25) is 4.79 Å². The number of carbonyl (C=O) groups is 1. The molecule has 2 N–H and O–H groups in total. The SMILES string of the molecule is CCNC(=O)Cn1c(CO)cnc1SCc1ccc(Cl)cc1Cl. The molecule has 0 atom stereocenters. The van der Waals surface area contributed by atoms with Crippen LogP contribution in [0.15, 0.2) is 29.6 Å². The molecule has 1 aromatic heterocycles. The summed E-state index contributed by atoms with van der Waals surface area (Å²) in [4.78, 5) is 16.1. The Hall–Kier alpha value is -1.21. The molecule has 2 aromatic rings. The summed E-state index contributed by atoms with van der Waals surface area (Å²) in [5.74, 6) is 0.472. The van der Waals surface area contributed by atoms with E-state index in [9.17, 15) is 9.90 Å². The standard InChI is InChI=1S/C15H17Cl2N3O2S/c1-2-18-14(22)7-20-12(8-21)6-19-15(20)23-9-10-3-4-11(16)5-13(10)17/h3-6,21H,2,7-9H2,1H3,(H,18,22). The summed E-state index contributed by atoms with van der Waals surface area (Å²) in [6.45, 7) is 2.37. The van der Waals surface area contributed by atoms with E-state index in [1.165, 1.54) is 11.8 Å². The maximum Gasteiger partial charge on any atom is 0.240 e. The minimum Gasteiger partial charge on any atom is -0.390 e. The molecule has 0 saturated carbocycles. The number of carbonyl (C=O) groups excluding carboxylic acids is 1. The maximum atomic E-state index is 11.8. The van der Waals surface area contributed by atoms with E-state index in [-0.39, 0.29) is 19.1 Å². The van der Waals surface area contributed by atoms with Gasteiger partial charge in [-0.15, -0.1) is 0 Å². The van der Waals surface area contributed by atoms with E-state index >= 15 is 0 Å². The van der Waals surface area contributed by atoms with Crippen molar-refractivity contribution >= 4 is 40.9 Å². The number of nitrogens with zero attached hydrogens (tertiary/aromatic N) is 2. The number of hydrogen-bond donors (Lipinski definition) is 2. The molecular formula is C15H17Cl2N3O2S. The van der Waals surface area contributed by atoms with Crippen molar-refractivity contribution in [2.24, 2.45) is 0 Å². The lowest BCUT2D eigenvalue weighted by molar-refractivity contribution is -0.121. The Morgan fingerprint density at radius 3 is 2.87 bits per heavy atom. The molecule has 0 fully saturated rings. The zero-order valence-corrected chi connectivity index (χ0v) is 14.9. The number of aromatic nitrogens is 2. The van der Waals surface area contributed by atoms with E-state index in [0.717, 1.165) is 5.56 Å². The third-order valence-corrected chi connectivity index (χ3v) is 4.74. The lowest BCUT2D eigenvalue weighted by atomic mass is 10.2. The van der Waals surface area contributed by atoms with Gasteiger partial charge in [-0.2, -0.15) is 0 Å². The van der Waals surface area contributed by atoms with Crippen LogP contribution < -0.4 is 5.32 Å². The zero-order chi connectivity index (χ0) is 16.8. The number of likely N-dealkylation sites (N-methyl/N-ethyl adjacent to an activating group) is 1. The minimum absolute atomic E-state index is 0.119. The topological polar surface area (TPSA) is 67.2 Å². The molecule has 23 heavy (non-hydrogen) atoms. The monoisotopic (exact) mass is 373 g/mol. The van der Waals surface area contributed by atoms with Gasteiger partial charge in [0.1, 0.15) is 6.54 Å². The van der Waals surface area contributed by atoms with Crippen molar-refractivity contribution in [2.45, 2.75) is 31.0 Å². The maximum absolute atomic E-state index is 11.8. The van der Waals surface area contributed by atoms with Crippen molar-refractivity contribution in [3.05, 3.63) is 45.7 Å². The smallest absolute Gasteiger partial charge is 0.240 e. The van der Waals surface area contributed by atoms with Crippen LogP contribution in [-0.4, -0.2) is 27.1 Å². The lowest BCUT2D eigenvalue weighted by Gasteiger charge is -2.11. The average Bonchev–Trinajstić information content (AvgIpc) is 2.88. The van der Waals surface area contributed by atoms with Crippen molar-refractivity contribution in [2.75, 3.05) is 6.54 Å². The first-order chi connectivity index (χ1) is 11.0. The number of rotatable bonds is 7. The van der Waals surface area contributed by atoms with Gasteiger partial charge in [0.15, 0.2) is 5.16 Å². The molecule has 5 nitrogen and oxygen atoms in total. The van der Waals surface area contributed by atoms with Crippen LogP contribution in [0.5, 0.6) is 0 Å². The van der Waals surface area contributed by atoms with Crippen LogP contribution in [0.1, 0.15) is 18.2 Å². The van der Waals surface area contributed by atoms with Crippen molar-refractivity contribution in [3.8, 4) is 0 Å². The highest BCUT2D eigenvalue weighted by atomic mass is 35.5. The first-order valence-electron chi connectivity index (χ1n) is 7.03. The molecule has 0 bridgehead atoms. The Bertz CT molecular complexity index is 691. The first-order valence-corrected chi connectivity index (χ1v) is 8.78. The number of thioether (sulfide) groups is 1. The number of benzene rings is 1. The third-order valence-electron chi connectivity index (χ3n) is 3.11. The van der Waals surface area contributed by atoms with Crippen molar-refractivity contribution in [3.63, 3.8) is 0 Å². The molecule has 1 heterocycles. The molecule has 1 amide bonds. The van der Waals surface area contributed by atoms with Gasteiger partial charge in [-0.05, 0) is 24.6 Å². The molecule has 0 aliphatic rings. The fraction of sp³-hybridized carbons (Fsp3) is 0.333. The van der Waals surface area contributed by atoms with Gasteiger partial charge in [-0.25, -0.2) is 4.98 Å². The first kappa shape index (κ1) is 18.1. The molecule has 8 heteroatoms. The molecule has 1 aromatic carbocycles. The van der Waals surface area contributed by atoms with Crippen LogP contribution in [0, 0.1) is 0 Å². The van der Waals surface area contributed by atoms with E-state index < -0.39 is 0 Å². The molecule has 0 radical (unpaired) electrons. The summed E-state index contributed by atoms with van der Waals surface area (Å²) >= 11 is 13.5. The number of amides is 1. The summed E-state index contributed by atoms with van der Waals surface area (Å²) in [6, 6.07) is 5.34. The van der Waals surface area contributed by atoms with Crippen LogP contribution in [0.25, 0.3) is 0 Å². The van der Waals surface area contributed by atoms with Gasteiger partial charge < -0.3 is 15.0 Å². The van der Waals surface area contributed by atoms with E-state index in [2.05, 4.69) is 10.3 Å². The second kappa shape index (κ2) is 8.59. The fourth-order valence-corrected chi connectivity index (χ4v) is 3.54. The summed E-state index contributed by atoms with van der Waals surface area (Å²) in [6.07, 6.45) is 1.57. The second-order valence-electron chi connectivity index (χ2n) is 4.75. The van der Waals surface area contributed by atoms with Crippen LogP contribution in [0.4, 0.5) is 0 Å². The average molecular weight is 374 g/mol. The largest absolute Gasteiger partial charge is 0.390 e. The number of halogens is 2. The van der Waals surface area contributed by atoms with Crippen LogP contribution in [0.2, 0.25) is 10.0 Å². The van der Waals surface area contributed by atoms with Gasteiger partial charge in [0.25, 0.3) is 0 Å². The molecular weight excluding hydrogens is 357 g/mol. The second-order valence-corrected chi connectivity index (χ2v) is 6.54. The predicted octanol–water partition coefficient (Wildman–Crippen LogP) is 3.11. The van der Waals surface area contributed by atoms with E-state index in [4.69, 9.17) is 23.2 Å². The summed E-state index contributed by atoms with van der Waals surface area (Å²) in [5.41, 5.74) is 1.53. The zero-order valence-electron chi connectivity index (χ0n) is 12.6. The number of hydrogen-bond acceptors (Lipinski definition) is 4. The number of imidazole rings is 1. The van der Waals surface area contributed by atoms with E-state index in [1.54, 1.807) is 22.9 Å². The Labute approximate surface area is 149 Å². The molecule has 0 aliphatic heterocycles. The summed E-state index contributed by atoms with van der Waals surface area (Å²) in [5, 5.41) is 14.0. The Morgan fingerprint density at radius 2 is 2.22 bits per heavy atom. The van der Waals surface area contributed by atoms with Crippen LogP contribution in [-0.2, 0) is 23.7 Å². The predicted molar refractivity (Wildman–Crippen MR) is 92.9 cm³/mol. The highest BCUT2D eigenvalue weighted by Crippen LogP contribution is 2.28. The van der Waals surface area contributed by atoms with Gasteiger partial charge >= 0.3 is 0 Å². The Balaban J connectivity index is 2.13. The van der Waals surface area contributed by atoms with E-state index in [1.807, 2.05) is 13.0 Å². The highest BCUT2D eigenvalue weighted by molar-refractivity contribution is 7.98. The van der Waals surface area contributed by atoms with Crippen LogP contribution >= 0.6 is 35.0 Å². The lowest BCUT2D eigenvalue weighted by Crippen LogP contribution is -2.28. The summed E-state index contributed by atoms with van der Waals surface area (Å²) < 4.78 is 1.71. The van der Waals surface area contributed by atoms with Gasteiger partial charge in [0, 0.05) is 22.3 Å². The highest BCUT2D eigenvalue weighted by Gasteiger charge is 2.14. The molecule has 124 valence electrons. The van der Waals surface area contributed by atoms with Gasteiger partial charge in [0.2, 0.25) is 5.91 Å². The molecule has 0 spiro atoms. The number of aliphatic hydroxyl groups is 1. The number of nitrogens with one attached hydrogen (secondary N) is 1. The van der Waals surface area contributed by atoms with Crippen molar-refractivity contribution in [1.29, 1.82) is 0 Å². The number of aliphatic hydroxyl groups excluding tert-OH is 1. The molecule has 0 unspecified atom stereocenters. The van der Waals surface area contributed by atoms with Crippen LogP contribution in [0.3, 0.4) is 0 Å². The van der Waals surface area contributed by atoms with E-state index in [0.29, 0.717) is 33.2 Å². The Kier molecular flexibility index (Phi) is 6.77. The minimum atomic E-state index is -0.172. The molecule has 0 saturated heterocycles. The molecule has 0 aliphatic carbocycles. The summed E-state index contributed by atoms with van der Waals surface area (Å²) in [7, 11) is 0. The quantitative estimate of drug-likeness (QED) is 0.731. The normalized spacial score (nSPS) is 10.8. The third kappa shape index (κ3) is 4.88. The van der Waals surface area contributed by atoms with Gasteiger partial charge in [-0.1, -0.05) is 41.0 Å². The molecule has 2 rings (SSSR count). The van der Waals surface area contributed by atoms with Crippen molar-refractivity contribution < 1.29 is 9.90 Å². The van der Waals surface area contributed by atoms with Crippen molar-refractivity contribution in [1.82, 2.24) is 14.9 Å². The Morgan fingerprint density at radius 1 is 1.43 bits per heavy atom. The fourth-order valence-electron chi connectivity index (χ4n) is 1.98.